The minimum atomic E-state index is 0.187. The zero-order valence-electron chi connectivity index (χ0n) is 8.03. The number of benzene rings is 1. The molecule has 0 aliphatic rings. The number of nitrogens with one attached hydrogen (secondary N) is 1. The van der Waals surface area contributed by atoms with Gasteiger partial charge in [0, 0.05) is 0 Å². The smallest absolute Gasteiger partial charge is 0.184 e. The number of nitrogens with zero attached hydrogens (tertiary/aromatic N) is 1. The Morgan fingerprint density at radius 2 is 2.07 bits per heavy atom. The fourth-order valence-electron chi connectivity index (χ4n) is 1.10. The van der Waals surface area contributed by atoms with Crippen LogP contribution in [-0.2, 0) is 0 Å². The highest BCUT2D eigenvalue weighted by atomic mass is 32.1. The molecule has 0 saturated carbocycles. The van der Waals surface area contributed by atoms with E-state index in [4.69, 9.17) is 5.73 Å². The number of nitrogens with two attached hydrogens (primary N) is 1. The van der Waals surface area contributed by atoms with Crippen molar-refractivity contribution in [1.82, 2.24) is 5.43 Å². The van der Waals surface area contributed by atoms with E-state index >= 15 is 0 Å². The third kappa shape index (κ3) is 3.14. The second kappa shape index (κ2) is 5.34. The summed E-state index contributed by atoms with van der Waals surface area (Å²) in [7, 11) is 0. The van der Waals surface area contributed by atoms with Crippen molar-refractivity contribution in [2.24, 2.45) is 10.8 Å². The predicted octanol–water partition coefficient (Wildman–Crippen LogP) is 1.63. The van der Waals surface area contributed by atoms with E-state index in [9.17, 15) is 0 Å². The average Bonchev–Trinajstić information content (AvgIpc) is 2.20. The molecule has 0 aliphatic carbocycles. The van der Waals surface area contributed by atoms with Gasteiger partial charge in [-0.25, -0.2) is 0 Å². The van der Waals surface area contributed by atoms with Gasteiger partial charge in [0.1, 0.15) is 0 Å². The lowest BCUT2D eigenvalue weighted by atomic mass is 10.1. The molecule has 3 N–H and O–H groups in total. The van der Waals surface area contributed by atoms with Gasteiger partial charge >= 0.3 is 0 Å². The van der Waals surface area contributed by atoms with Gasteiger partial charge in [0.25, 0.3) is 0 Å². The van der Waals surface area contributed by atoms with E-state index in [1.165, 1.54) is 0 Å². The summed E-state index contributed by atoms with van der Waals surface area (Å²) in [5.74, 6) is 0. The van der Waals surface area contributed by atoms with Crippen LogP contribution in [0, 0.1) is 0 Å². The first-order valence-electron chi connectivity index (χ1n) is 4.41. The molecular weight excluding hydrogens is 194 g/mol. The molecule has 1 rings (SSSR count). The molecule has 1 aromatic carbocycles. The molecule has 0 spiro atoms. The van der Waals surface area contributed by atoms with Gasteiger partial charge in [0.15, 0.2) is 5.11 Å². The van der Waals surface area contributed by atoms with E-state index in [1.54, 1.807) is 0 Å². The summed E-state index contributed by atoms with van der Waals surface area (Å²) in [5, 5.41) is 4.30. The van der Waals surface area contributed by atoms with E-state index in [0.29, 0.717) is 0 Å². The minimum Gasteiger partial charge on any atom is -0.375 e. The van der Waals surface area contributed by atoms with Crippen LogP contribution in [0.4, 0.5) is 0 Å². The maximum absolute atomic E-state index is 5.29. The Kier molecular flexibility index (Phi) is 4.07. The molecule has 0 saturated heterocycles. The number of hydrogen-bond acceptors (Lipinski definition) is 2. The first kappa shape index (κ1) is 10.7. The third-order valence-electron chi connectivity index (χ3n) is 1.74. The van der Waals surface area contributed by atoms with Crippen molar-refractivity contribution in [3.05, 3.63) is 35.9 Å². The van der Waals surface area contributed by atoms with Gasteiger partial charge in [0.2, 0.25) is 0 Å². The zero-order valence-corrected chi connectivity index (χ0v) is 8.84. The molecule has 74 valence electrons. The van der Waals surface area contributed by atoms with Crippen molar-refractivity contribution < 1.29 is 0 Å². The molecule has 0 amide bonds. The number of hydrazone groups is 1. The highest BCUT2D eigenvalue weighted by Crippen LogP contribution is 2.03. The fourth-order valence-corrected chi connectivity index (χ4v) is 1.15. The topological polar surface area (TPSA) is 50.4 Å². The average molecular weight is 207 g/mol. The molecule has 0 heterocycles. The van der Waals surface area contributed by atoms with Crippen LogP contribution in [0.2, 0.25) is 0 Å². The maximum atomic E-state index is 5.29. The Hall–Kier alpha value is -1.42. The van der Waals surface area contributed by atoms with Crippen LogP contribution >= 0.6 is 12.2 Å². The molecule has 0 aromatic heterocycles. The number of hydrogen-bond donors (Lipinski definition) is 2. The lowest BCUT2D eigenvalue weighted by Crippen LogP contribution is -2.25. The second-order valence-corrected chi connectivity index (χ2v) is 3.19. The molecular formula is C10H13N3S. The monoisotopic (exact) mass is 207 g/mol. The Balaban J connectivity index is 2.82. The van der Waals surface area contributed by atoms with Gasteiger partial charge in [-0.05, 0) is 24.2 Å². The van der Waals surface area contributed by atoms with Crippen LogP contribution in [-0.4, -0.2) is 10.8 Å². The Morgan fingerprint density at radius 3 is 2.57 bits per heavy atom. The van der Waals surface area contributed by atoms with Crippen LogP contribution in [0.25, 0.3) is 0 Å². The van der Waals surface area contributed by atoms with Gasteiger partial charge in [-0.2, -0.15) is 5.10 Å². The van der Waals surface area contributed by atoms with E-state index in [1.807, 2.05) is 37.3 Å². The standard InChI is InChI=1S/C10H13N3S/c1-2-9(12-13-10(11)14)8-6-4-3-5-7-8/h3-7H,2H2,1H3,(H3,11,13,14). The lowest BCUT2D eigenvalue weighted by Gasteiger charge is -2.03. The van der Waals surface area contributed by atoms with E-state index < -0.39 is 0 Å². The summed E-state index contributed by atoms with van der Waals surface area (Å²) in [5.41, 5.74) is 9.90. The molecule has 0 radical (unpaired) electrons. The van der Waals surface area contributed by atoms with Gasteiger partial charge in [0.05, 0.1) is 5.71 Å². The molecule has 0 bridgehead atoms. The normalized spacial score (nSPS) is 11.1. The van der Waals surface area contributed by atoms with Crippen LogP contribution in [0.5, 0.6) is 0 Å². The van der Waals surface area contributed by atoms with E-state index in [0.717, 1.165) is 17.7 Å². The van der Waals surface area contributed by atoms with Crippen molar-refractivity contribution in [2.75, 3.05) is 0 Å². The fraction of sp³-hybridized carbons (Fsp3) is 0.200. The first-order valence-corrected chi connectivity index (χ1v) is 4.82. The summed E-state index contributed by atoms with van der Waals surface area (Å²) in [6.07, 6.45) is 0.833. The van der Waals surface area contributed by atoms with Gasteiger partial charge in [-0.15, -0.1) is 0 Å². The quantitative estimate of drug-likeness (QED) is 0.450. The Bertz CT molecular complexity index is 332. The molecule has 3 nitrogen and oxygen atoms in total. The molecule has 0 aliphatic heterocycles. The van der Waals surface area contributed by atoms with E-state index in [2.05, 4.69) is 22.7 Å². The summed E-state index contributed by atoms with van der Waals surface area (Å²) >= 11 is 4.67. The molecule has 4 heteroatoms. The van der Waals surface area contributed by atoms with Gasteiger partial charge < -0.3 is 5.73 Å². The maximum Gasteiger partial charge on any atom is 0.184 e. The Morgan fingerprint density at radius 1 is 1.43 bits per heavy atom. The number of rotatable bonds is 3. The lowest BCUT2D eigenvalue weighted by molar-refractivity contribution is 1.01. The molecule has 14 heavy (non-hydrogen) atoms. The summed E-state index contributed by atoms with van der Waals surface area (Å²) in [4.78, 5) is 0. The van der Waals surface area contributed by atoms with Crippen LogP contribution < -0.4 is 11.2 Å². The van der Waals surface area contributed by atoms with Gasteiger partial charge in [-0.1, -0.05) is 37.3 Å². The summed E-state index contributed by atoms with van der Waals surface area (Å²) in [6.45, 7) is 2.03. The van der Waals surface area contributed by atoms with Crippen molar-refractivity contribution in [3.8, 4) is 0 Å². The highest BCUT2D eigenvalue weighted by Gasteiger charge is 1.99. The largest absolute Gasteiger partial charge is 0.375 e. The first-order chi connectivity index (χ1) is 6.74. The van der Waals surface area contributed by atoms with Crippen molar-refractivity contribution in [3.63, 3.8) is 0 Å². The minimum absolute atomic E-state index is 0.187. The van der Waals surface area contributed by atoms with Crippen molar-refractivity contribution in [2.45, 2.75) is 13.3 Å². The molecule has 0 unspecified atom stereocenters. The summed E-state index contributed by atoms with van der Waals surface area (Å²) < 4.78 is 0. The van der Waals surface area contributed by atoms with Crippen molar-refractivity contribution in [1.29, 1.82) is 0 Å². The third-order valence-corrected chi connectivity index (χ3v) is 1.83. The number of thiocarbonyl (C=S) groups is 1. The molecule has 1 aromatic rings. The predicted molar refractivity (Wildman–Crippen MR) is 63.2 cm³/mol. The second-order valence-electron chi connectivity index (χ2n) is 2.75. The van der Waals surface area contributed by atoms with Crippen LogP contribution in [0.15, 0.2) is 35.4 Å². The molecule has 0 atom stereocenters. The summed E-state index contributed by atoms with van der Waals surface area (Å²) in [6, 6.07) is 9.92. The Labute approximate surface area is 89.0 Å². The van der Waals surface area contributed by atoms with Crippen LogP contribution in [0.1, 0.15) is 18.9 Å². The SMILES string of the molecule is CCC(=NNC(N)=S)c1ccccc1. The van der Waals surface area contributed by atoms with Crippen molar-refractivity contribution >= 4 is 23.0 Å². The van der Waals surface area contributed by atoms with Crippen LogP contribution in [0.3, 0.4) is 0 Å². The zero-order chi connectivity index (χ0) is 10.4. The highest BCUT2D eigenvalue weighted by molar-refractivity contribution is 7.80. The van der Waals surface area contributed by atoms with E-state index in [-0.39, 0.29) is 5.11 Å². The van der Waals surface area contributed by atoms with Gasteiger partial charge in [-0.3, -0.25) is 5.43 Å². The molecule has 0 fully saturated rings.